The highest BCUT2D eigenvalue weighted by Crippen LogP contribution is 2.36. The van der Waals surface area contributed by atoms with E-state index in [1.54, 1.807) is 7.11 Å². The number of anilines is 1. The van der Waals surface area contributed by atoms with Gasteiger partial charge in [0.05, 0.1) is 7.11 Å². The van der Waals surface area contributed by atoms with Gasteiger partial charge in [-0.2, -0.15) is 0 Å². The minimum Gasteiger partial charge on any atom is -0.494 e. The van der Waals surface area contributed by atoms with E-state index in [2.05, 4.69) is 47.8 Å². The lowest BCUT2D eigenvalue weighted by Crippen LogP contribution is -2.15. The molecule has 18 heavy (non-hydrogen) atoms. The summed E-state index contributed by atoms with van der Waals surface area (Å²) in [7, 11) is 1.64. The van der Waals surface area contributed by atoms with Crippen LogP contribution in [0.25, 0.3) is 10.9 Å². The lowest BCUT2D eigenvalue weighted by atomic mass is 9.86. The summed E-state index contributed by atoms with van der Waals surface area (Å²) in [4.78, 5) is 4.50. The number of methoxy groups -OCH3 is 1. The Bertz CT molecular complexity index is 603. The van der Waals surface area contributed by atoms with Crippen molar-refractivity contribution in [1.82, 2.24) is 4.98 Å². The molecule has 1 aromatic heterocycles. The van der Waals surface area contributed by atoms with Crippen LogP contribution in [-0.4, -0.2) is 12.1 Å². The molecule has 0 amide bonds. The van der Waals surface area contributed by atoms with Crippen molar-refractivity contribution in [2.24, 2.45) is 0 Å². The molecule has 0 aliphatic heterocycles. The topological polar surface area (TPSA) is 48.1 Å². The van der Waals surface area contributed by atoms with Crippen molar-refractivity contribution in [3.8, 4) is 5.75 Å². The van der Waals surface area contributed by atoms with Crippen LogP contribution in [-0.2, 0) is 5.41 Å². The lowest BCUT2D eigenvalue weighted by molar-refractivity contribution is 0.419. The maximum atomic E-state index is 6.06. The Hall–Kier alpha value is -1.29. The Morgan fingerprint density at radius 2 is 1.94 bits per heavy atom. The Morgan fingerprint density at radius 3 is 2.50 bits per heavy atom. The number of pyridine rings is 1. The Balaban J connectivity index is 2.83. The second-order valence-corrected chi connectivity index (χ2v) is 6.17. The van der Waals surface area contributed by atoms with Gasteiger partial charge in [-0.25, -0.2) is 4.98 Å². The van der Waals surface area contributed by atoms with Crippen molar-refractivity contribution in [2.75, 3.05) is 12.8 Å². The van der Waals surface area contributed by atoms with Crippen LogP contribution in [0.2, 0.25) is 0 Å². The smallest absolute Gasteiger partial charge is 0.145 e. The third-order valence-corrected chi connectivity index (χ3v) is 3.64. The number of aromatic nitrogens is 1. The normalized spacial score (nSPS) is 11.8. The number of nitrogens with zero attached hydrogens (tertiary/aromatic N) is 1. The van der Waals surface area contributed by atoms with Crippen LogP contribution in [0.3, 0.4) is 0 Å². The van der Waals surface area contributed by atoms with Crippen LogP contribution in [0, 0.1) is 0 Å². The van der Waals surface area contributed by atoms with Crippen LogP contribution in [0.15, 0.2) is 22.7 Å². The molecule has 1 aromatic carbocycles. The maximum Gasteiger partial charge on any atom is 0.145 e. The summed E-state index contributed by atoms with van der Waals surface area (Å²) in [6.07, 6.45) is 0. The van der Waals surface area contributed by atoms with Crippen molar-refractivity contribution in [2.45, 2.75) is 26.2 Å². The van der Waals surface area contributed by atoms with E-state index in [0.717, 1.165) is 26.7 Å². The molecule has 1 heterocycles. The minimum absolute atomic E-state index is 0.0339. The Morgan fingerprint density at radius 1 is 1.28 bits per heavy atom. The molecule has 96 valence electrons. The van der Waals surface area contributed by atoms with Gasteiger partial charge in [0.2, 0.25) is 0 Å². The predicted molar refractivity (Wildman–Crippen MR) is 79.1 cm³/mol. The van der Waals surface area contributed by atoms with E-state index >= 15 is 0 Å². The molecule has 0 saturated heterocycles. The van der Waals surface area contributed by atoms with Crippen LogP contribution in [0.1, 0.15) is 26.3 Å². The van der Waals surface area contributed by atoms with Crippen molar-refractivity contribution in [3.63, 3.8) is 0 Å². The number of nitrogen functional groups attached to an aromatic ring is 1. The molecule has 2 rings (SSSR count). The van der Waals surface area contributed by atoms with Gasteiger partial charge in [-0.05, 0) is 23.6 Å². The number of fused-ring (bicyclic) bond motifs is 1. The standard InChI is InChI=1S/C14H17BrN2O/c1-14(2,3)9-7-8-10(15)5-6-11(18-4)12(8)17-13(9)16/h5-7H,1-4H3,(H2,16,17). The Labute approximate surface area is 115 Å². The van der Waals surface area contributed by atoms with Gasteiger partial charge in [-0.3, -0.25) is 0 Å². The molecule has 0 radical (unpaired) electrons. The van der Waals surface area contributed by atoms with E-state index < -0.39 is 0 Å². The summed E-state index contributed by atoms with van der Waals surface area (Å²) in [6.45, 7) is 6.38. The number of hydrogen-bond donors (Lipinski definition) is 1. The fourth-order valence-corrected chi connectivity index (χ4v) is 2.41. The molecule has 3 nitrogen and oxygen atoms in total. The average Bonchev–Trinajstić information content (AvgIpc) is 2.27. The highest BCUT2D eigenvalue weighted by Gasteiger charge is 2.20. The summed E-state index contributed by atoms with van der Waals surface area (Å²) >= 11 is 3.55. The van der Waals surface area contributed by atoms with Crippen LogP contribution >= 0.6 is 15.9 Å². The summed E-state index contributed by atoms with van der Waals surface area (Å²) in [5, 5.41) is 1.02. The first-order valence-electron chi connectivity index (χ1n) is 5.78. The highest BCUT2D eigenvalue weighted by molar-refractivity contribution is 9.10. The molecule has 0 bridgehead atoms. The number of hydrogen-bond acceptors (Lipinski definition) is 3. The van der Waals surface area contributed by atoms with Crippen LogP contribution < -0.4 is 10.5 Å². The fraction of sp³-hybridized carbons (Fsp3) is 0.357. The van der Waals surface area contributed by atoms with Gasteiger partial charge >= 0.3 is 0 Å². The van der Waals surface area contributed by atoms with E-state index in [4.69, 9.17) is 10.5 Å². The Kier molecular flexibility index (Phi) is 3.23. The van der Waals surface area contributed by atoms with Crippen LogP contribution in [0.5, 0.6) is 5.75 Å². The molecule has 0 aliphatic rings. The zero-order valence-corrected chi connectivity index (χ0v) is 12.6. The zero-order chi connectivity index (χ0) is 13.5. The highest BCUT2D eigenvalue weighted by atomic mass is 79.9. The molecule has 0 saturated carbocycles. The molecule has 0 atom stereocenters. The molecule has 0 aliphatic carbocycles. The van der Waals surface area contributed by atoms with E-state index in [-0.39, 0.29) is 5.41 Å². The summed E-state index contributed by atoms with van der Waals surface area (Å²) in [5.74, 6) is 1.30. The fourth-order valence-electron chi connectivity index (χ4n) is 1.98. The van der Waals surface area contributed by atoms with E-state index in [1.165, 1.54) is 0 Å². The number of ether oxygens (including phenoxy) is 1. The van der Waals surface area contributed by atoms with E-state index in [1.807, 2.05) is 12.1 Å². The summed E-state index contributed by atoms with van der Waals surface area (Å²) < 4.78 is 6.32. The molecular formula is C14H17BrN2O. The molecule has 0 unspecified atom stereocenters. The molecule has 0 fully saturated rings. The van der Waals surface area contributed by atoms with Crippen molar-refractivity contribution in [1.29, 1.82) is 0 Å². The van der Waals surface area contributed by atoms with E-state index in [0.29, 0.717) is 5.82 Å². The van der Waals surface area contributed by atoms with E-state index in [9.17, 15) is 0 Å². The first-order valence-corrected chi connectivity index (χ1v) is 6.57. The largest absolute Gasteiger partial charge is 0.494 e. The zero-order valence-electron chi connectivity index (χ0n) is 11.0. The maximum absolute atomic E-state index is 6.06. The molecule has 2 N–H and O–H groups in total. The van der Waals surface area contributed by atoms with Gasteiger partial charge in [0.15, 0.2) is 0 Å². The molecular weight excluding hydrogens is 292 g/mol. The number of nitrogens with two attached hydrogens (primary N) is 1. The van der Waals surface area contributed by atoms with Crippen molar-refractivity contribution in [3.05, 3.63) is 28.2 Å². The summed E-state index contributed by atoms with van der Waals surface area (Å²) in [6, 6.07) is 5.94. The second kappa shape index (κ2) is 4.43. The second-order valence-electron chi connectivity index (χ2n) is 5.32. The van der Waals surface area contributed by atoms with Gasteiger partial charge in [0.1, 0.15) is 17.1 Å². The lowest BCUT2D eigenvalue weighted by Gasteiger charge is -2.21. The van der Waals surface area contributed by atoms with Crippen molar-refractivity contribution >= 4 is 32.7 Å². The first kappa shape index (κ1) is 13.1. The number of rotatable bonds is 1. The summed E-state index contributed by atoms with van der Waals surface area (Å²) in [5.41, 5.74) is 7.87. The van der Waals surface area contributed by atoms with Gasteiger partial charge < -0.3 is 10.5 Å². The van der Waals surface area contributed by atoms with Crippen molar-refractivity contribution < 1.29 is 4.74 Å². The van der Waals surface area contributed by atoms with Gasteiger partial charge in [0, 0.05) is 15.4 Å². The third kappa shape index (κ3) is 2.17. The molecule has 2 aromatic rings. The minimum atomic E-state index is -0.0339. The van der Waals surface area contributed by atoms with Gasteiger partial charge in [-0.1, -0.05) is 36.7 Å². The van der Waals surface area contributed by atoms with Crippen LogP contribution in [0.4, 0.5) is 5.82 Å². The van der Waals surface area contributed by atoms with Gasteiger partial charge in [-0.15, -0.1) is 0 Å². The SMILES string of the molecule is COc1ccc(Br)c2cc(C(C)(C)C)c(N)nc12. The molecule has 0 spiro atoms. The molecule has 4 heteroatoms. The van der Waals surface area contributed by atoms with Gasteiger partial charge in [0.25, 0.3) is 0 Å². The predicted octanol–water partition coefficient (Wildman–Crippen LogP) is 3.89. The number of halogens is 1. The quantitative estimate of drug-likeness (QED) is 0.869. The number of benzene rings is 1. The third-order valence-electron chi connectivity index (χ3n) is 2.95. The average molecular weight is 309 g/mol. The monoisotopic (exact) mass is 308 g/mol. The first-order chi connectivity index (χ1) is 8.34.